The van der Waals surface area contributed by atoms with Crippen molar-refractivity contribution in [3.05, 3.63) is 269 Å². The van der Waals surface area contributed by atoms with Gasteiger partial charge in [0, 0.05) is 107 Å². The number of nitrogen functional groups attached to an aromatic ring is 1. The van der Waals surface area contributed by atoms with Gasteiger partial charge in [0.25, 0.3) is 0 Å². The zero-order chi connectivity index (χ0) is 92.5. The molecule has 22 nitrogen and oxygen atoms in total. The van der Waals surface area contributed by atoms with E-state index in [1.54, 1.807) is 0 Å². The average Bonchev–Trinajstić information content (AvgIpc) is 1.67. The van der Waals surface area contributed by atoms with Crippen molar-refractivity contribution in [3.63, 3.8) is 0 Å². The number of rotatable bonds is 44. The number of H-pyrrole nitrogens is 5. The topological polar surface area (TPSA) is 260 Å². The van der Waals surface area contributed by atoms with Gasteiger partial charge in [-0.3, -0.25) is 30.2 Å². The Balaban J connectivity index is 0.000000192. The van der Waals surface area contributed by atoms with Crippen LogP contribution in [0.3, 0.4) is 0 Å². The van der Waals surface area contributed by atoms with E-state index in [-0.39, 0.29) is 11.9 Å². The Morgan fingerprint density at radius 2 is 0.806 bits per heavy atom. The van der Waals surface area contributed by atoms with Crippen LogP contribution in [0.5, 0.6) is 11.5 Å². The highest BCUT2D eigenvalue weighted by atomic mass is 19.1. The van der Waals surface area contributed by atoms with E-state index in [4.69, 9.17) is 15.7 Å². The Labute approximate surface area is 769 Å². The molecule has 0 fully saturated rings. The summed E-state index contributed by atoms with van der Waals surface area (Å²) in [6, 6.07) is 59.8. The Bertz CT molecular complexity index is 5230. The summed E-state index contributed by atoms with van der Waals surface area (Å²) in [4.78, 5) is 14.0. The maximum Gasteiger partial charge on any atom is 0.136 e. The minimum atomic E-state index is -0.250. The van der Waals surface area contributed by atoms with Crippen molar-refractivity contribution >= 4 is 5.69 Å². The second-order valence-electron chi connectivity index (χ2n) is 34.1. The van der Waals surface area contributed by atoms with Gasteiger partial charge >= 0.3 is 0 Å². The molecule has 690 valence electrons. The molecule has 8 N–H and O–H groups in total. The van der Waals surface area contributed by atoms with Crippen LogP contribution in [0.25, 0.3) is 67.5 Å². The number of hydrogen-bond acceptors (Lipinski definition) is 16. The maximum absolute atomic E-state index is 13.4. The fourth-order valence-electron chi connectivity index (χ4n) is 15.0. The van der Waals surface area contributed by atoms with Crippen molar-refractivity contribution < 1.29 is 14.2 Å². The molecule has 7 aromatic carbocycles. The van der Waals surface area contributed by atoms with Crippen LogP contribution in [0.2, 0.25) is 0 Å². The lowest BCUT2D eigenvalue weighted by Gasteiger charge is -2.17. The van der Waals surface area contributed by atoms with Gasteiger partial charge in [-0.2, -0.15) is 35.9 Å². The Kier molecular flexibility index (Phi) is 45.8. The first kappa shape index (κ1) is 103. The normalized spacial score (nSPS) is 11.4. The molecular weight excluding hydrogens is 1600 g/mol. The number of halogens is 1. The summed E-state index contributed by atoms with van der Waals surface area (Å²) in [5, 5.41) is 59.7. The second-order valence-corrected chi connectivity index (χ2v) is 34.1. The molecule has 1 unspecified atom stereocenters. The lowest BCUT2D eigenvalue weighted by molar-refractivity contribution is 0.155. The number of aromatic amines is 5. The minimum absolute atomic E-state index is 0.229. The Hall–Kier alpha value is -11.5. The van der Waals surface area contributed by atoms with Crippen LogP contribution in [-0.4, -0.2) is 183 Å². The maximum atomic E-state index is 13.4. The van der Waals surface area contributed by atoms with Crippen LogP contribution in [0.15, 0.2) is 213 Å². The van der Waals surface area contributed by atoms with Gasteiger partial charge in [0.1, 0.15) is 17.3 Å². The smallest absolute Gasteiger partial charge is 0.136 e. The van der Waals surface area contributed by atoms with E-state index in [0.717, 1.165) is 189 Å². The lowest BCUT2D eigenvalue weighted by Crippen LogP contribution is -2.19. The number of unbranched alkanes of at least 4 members (excludes halogenated alkanes) is 6. The molecule has 13 rings (SSSR count). The first-order valence-electron chi connectivity index (χ1n) is 46.7. The van der Waals surface area contributed by atoms with Gasteiger partial charge in [0.2, 0.25) is 0 Å². The third-order valence-electron chi connectivity index (χ3n) is 22.6. The summed E-state index contributed by atoms with van der Waals surface area (Å²) in [5.74, 6) is 1.43. The molecule has 0 amide bonds. The molecule has 0 spiro atoms. The number of nitrogens with two attached hydrogens (primary N) is 1. The fourth-order valence-corrected chi connectivity index (χ4v) is 15.0. The molecule has 1 atom stereocenters. The average molecular weight is 1750 g/mol. The van der Waals surface area contributed by atoms with Crippen LogP contribution < -0.4 is 10.5 Å². The van der Waals surface area contributed by atoms with Crippen LogP contribution in [0, 0.1) is 31.0 Å². The predicted octanol–water partition coefficient (Wildman–Crippen LogP) is 23.1. The van der Waals surface area contributed by atoms with Crippen molar-refractivity contribution in [2.75, 3.05) is 87.3 Å². The minimum Gasteiger partial charge on any atom is -0.457 e. The Morgan fingerprint density at radius 3 is 1.24 bits per heavy atom. The molecule has 0 aliphatic carbocycles. The van der Waals surface area contributed by atoms with Gasteiger partial charge in [-0.25, -0.2) is 4.39 Å². The third kappa shape index (κ3) is 35.2. The summed E-state index contributed by atoms with van der Waals surface area (Å²) >= 11 is 0. The number of anilines is 1. The van der Waals surface area contributed by atoms with E-state index < -0.39 is 0 Å². The lowest BCUT2D eigenvalue weighted by atomic mass is 10.0. The number of nitrogens with zero attached hydrogens (tertiary/aromatic N) is 14. The van der Waals surface area contributed by atoms with Gasteiger partial charge in [-0.15, -0.1) is 0 Å². The standard InChI is InChI=1S/C21H32FN3O.C21H25N3O.C17H22N4.2C16H23N3.C15H22N4/c1-4-6-13-24(3)16-18-15-23-25(14-7-8-20(26)5-2)21(18)17-9-11-19(22)12-10-17;1-3-4-14-24(2)16-17-15-22-23-21(17)19-12-8-9-13-20(19)25-18-10-6-5-7-11-18;1-3-4-11-21(2)13-16-12-19-20-17(16)15-7-5-14(6-8-15)9-10-18;1-4-5-10-19(3)12-15-11-17-18-16(15)14-8-6-13(2)7-9-14;1-4-5-10-19(3)12-14-11-17-18-16(14)15-9-7-6-8-13(15)2;1-3-4-8-19(2)11-13-10-17-18-15(13)12-6-5-7-14(16)9-12/h9-12,15,20,26H,4-8,13-14,16H2,1-3H3;5-13,15H,3-4,14,16H2,1-2H3,(H,22,23);5-8,12H,3-4,9,11,13H2,1-2H3,(H,19,20);2*6-9,11H,4-5,10,12H2,1-3H3,(H,17,18);5-7,9-10H,3-4,8,11,16H2,1-2H3,(H,17,18). The monoisotopic (exact) mass is 1750 g/mol. The molecule has 0 saturated heterocycles. The first-order valence-corrected chi connectivity index (χ1v) is 46.7. The van der Waals surface area contributed by atoms with Gasteiger partial charge in [-0.1, -0.05) is 208 Å². The van der Waals surface area contributed by atoms with Gasteiger partial charge in [0.05, 0.1) is 89.9 Å². The molecule has 6 heterocycles. The molecule has 0 saturated carbocycles. The molecule has 0 bridgehead atoms. The summed E-state index contributed by atoms with van der Waals surface area (Å²) in [7, 11) is 12.9. The van der Waals surface area contributed by atoms with Crippen LogP contribution >= 0.6 is 0 Å². The second kappa shape index (κ2) is 57.5. The number of nitrogens with one attached hydrogen (secondary N) is 5. The van der Waals surface area contributed by atoms with Crippen molar-refractivity contribution in [3.8, 4) is 85.1 Å². The quantitative estimate of drug-likeness (QED) is 0.0175. The Morgan fingerprint density at radius 1 is 0.419 bits per heavy atom. The number of aryl methyl sites for hydroxylation is 3. The van der Waals surface area contributed by atoms with Crippen LogP contribution in [0.1, 0.15) is 195 Å². The fraction of sp³-hybridized carbons (Fsp3) is 0.425. The highest BCUT2D eigenvalue weighted by Crippen LogP contribution is 2.36. The van der Waals surface area contributed by atoms with Crippen molar-refractivity contribution in [1.82, 2.24) is 90.2 Å². The number of benzene rings is 7. The summed E-state index contributed by atoms with van der Waals surface area (Å²) in [5.41, 5.74) is 30.7. The highest BCUT2D eigenvalue weighted by Gasteiger charge is 2.20. The number of aromatic nitrogens is 12. The molecule has 0 aliphatic rings. The van der Waals surface area contributed by atoms with E-state index in [1.165, 1.54) is 139 Å². The largest absolute Gasteiger partial charge is 0.457 e. The van der Waals surface area contributed by atoms with E-state index in [9.17, 15) is 9.50 Å². The van der Waals surface area contributed by atoms with E-state index in [2.05, 4.69) is 262 Å². The van der Waals surface area contributed by atoms with Crippen molar-refractivity contribution in [2.45, 2.75) is 217 Å². The number of ether oxygens (including phenoxy) is 1. The number of nitriles is 1. The van der Waals surface area contributed by atoms with Gasteiger partial charge in [0.15, 0.2) is 0 Å². The number of aliphatic hydroxyl groups excluding tert-OH is 1. The van der Waals surface area contributed by atoms with Gasteiger partial charge < -0.3 is 45.0 Å². The zero-order valence-electron chi connectivity index (χ0n) is 79.9. The summed E-state index contributed by atoms with van der Waals surface area (Å²) in [6.07, 6.45) is 28.7. The van der Waals surface area contributed by atoms with Crippen LogP contribution in [-0.2, 0) is 52.2 Å². The van der Waals surface area contributed by atoms with E-state index in [1.807, 2.05) is 140 Å². The number of aliphatic hydroxyl groups is 1. The molecule has 0 radical (unpaired) electrons. The van der Waals surface area contributed by atoms with Crippen LogP contribution in [0.4, 0.5) is 10.1 Å². The summed E-state index contributed by atoms with van der Waals surface area (Å²) < 4.78 is 21.4. The van der Waals surface area contributed by atoms with Crippen molar-refractivity contribution in [1.29, 1.82) is 5.26 Å². The first-order chi connectivity index (χ1) is 62.7. The van der Waals surface area contributed by atoms with Gasteiger partial charge in [-0.05, 0) is 236 Å². The third-order valence-corrected chi connectivity index (χ3v) is 22.6. The molecular formula is C106H147FN20O2. The molecule has 23 heteroatoms. The molecule has 6 aromatic heterocycles. The summed E-state index contributed by atoms with van der Waals surface area (Å²) in [6.45, 7) is 32.3. The SMILES string of the molecule is CCCCN(C)Cc1cn[nH]c1-c1ccc(C)cc1.CCCCN(C)Cc1cn[nH]c1-c1ccc(CC#N)cc1.CCCCN(C)Cc1cn[nH]c1-c1cccc(N)c1.CCCCN(C)Cc1cn[nH]c1-c1ccccc1C.CCCCN(C)Cc1cn[nH]c1-c1ccccc1Oc1ccccc1.CCCCN(C)Cc1cnn(CCCC(O)CC)c1-c1ccc(F)cc1. The predicted molar refractivity (Wildman–Crippen MR) is 530 cm³/mol. The molecule has 129 heavy (non-hydrogen) atoms. The zero-order valence-corrected chi connectivity index (χ0v) is 79.9. The number of hydrogen-bond donors (Lipinski definition) is 7. The van der Waals surface area contributed by atoms with Crippen molar-refractivity contribution in [2.24, 2.45) is 0 Å². The molecule has 0 aliphatic heterocycles. The highest BCUT2D eigenvalue weighted by molar-refractivity contribution is 5.71. The van der Waals surface area contributed by atoms with E-state index >= 15 is 0 Å². The number of para-hydroxylation sites is 2. The van der Waals surface area contributed by atoms with E-state index in [0.29, 0.717) is 6.42 Å². The molecule has 13 aromatic rings.